The molecule has 6 nitrogen and oxygen atoms in total. The summed E-state index contributed by atoms with van der Waals surface area (Å²) in [6.07, 6.45) is 4.13. The smallest absolute Gasteiger partial charge is 0.257 e. The van der Waals surface area contributed by atoms with Gasteiger partial charge in [0.25, 0.3) is 5.91 Å². The molecule has 4 N–H and O–H groups in total. The van der Waals surface area contributed by atoms with E-state index in [-0.39, 0.29) is 11.8 Å². The molecule has 0 aliphatic heterocycles. The van der Waals surface area contributed by atoms with E-state index >= 15 is 0 Å². The summed E-state index contributed by atoms with van der Waals surface area (Å²) in [6, 6.07) is 8.78. The summed E-state index contributed by atoms with van der Waals surface area (Å²) in [5.41, 5.74) is 8.06. The highest BCUT2D eigenvalue weighted by Gasteiger charge is 2.09. The fourth-order valence-electron chi connectivity index (χ4n) is 2.01. The molecule has 0 saturated carbocycles. The van der Waals surface area contributed by atoms with E-state index < -0.39 is 0 Å². The predicted octanol–water partition coefficient (Wildman–Crippen LogP) is 2.32. The largest absolute Gasteiger partial charge is 0.330 e. The Morgan fingerprint density at radius 2 is 2.04 bits per heavy atom. The summed E-state index contributed by atoms with van der Waals surface area (Å²) >= 11 is 0. The molecule has 0 bridgehead atoms. The van der Waals surface area contributed by atoms with Crippen LogP contribution in [-0.4, -0.2) is 23.3 Å². The van der Waals surface area contributed by atoms with Gasteiger partial charge in [-0.1, -0.05) is 6.07 Å². The van der Waals surface area contributed by atoms with Crippen LogP contribution in [0.2, 0.25) is 0 Å². The summed E-state index contributed by atoms with van der Waals surface area (Å²) in [5, 5.41) is 5.63. The number of carbonyl (C=O) groups is 2. The molecule has 1 heterocycles. The zero-order chi connectivity index (χ0) is 16.7. The van der Waals surface area contributed by atoms with Crippen LogP contribution in [0, 0.1) is 6.92 Å². The first-order chi connectivity index (χ1) is 11.1. The van der Waals surface area contributed by atoms with Crippen molar-refractivity contribution in [2.45, 2.75) is 19.8 Å². The van der Waals surface area contributed by atoms with Crippen molar-refractivity contribution in [2.24, 2.45) is 5.73 Å². The molecule has 0 radical (unpaired) electrons. The minimum Gasteiger partial charge on any atom is -0.330 e. The number of pyridine rings is 1. The molecule has 0 aliphatic carbocycles. The second kappa shape index (κ2) is 8.05. The van der Waals surface area contributed by atoms with Crippen LogP contribution in [0.1, 0.15) is 28.8 Å². The molecule has 0 spiro atoms. The highest BCUT2D eigenvalue weighted by atomic mass is 16.2. The number of nitrogens with one attached hydrogen (secondary N) is 2. The van der Waals surface area contributed by atoms with Gasteiger partial charge in [-0.2, -0.15) is 0 Å². The van der Waals surface area contributed by atoms with E-state index in [1.165, 1.54) is 6.20 Å². The Kier molecular flexibility index (Phi) is 5.82. The summed E-state index contributed by atoms with van der Waals surface area (Å²) < 4.78 is 0. The fourth-order valence-corrected chi connectivity index (χ4v) is 2.01. The first kappa shape index (κ1) is 16.6. The van der Waals surface area contributed by atoms with E-state index in [4.69, 9.17) is 5.73 Å². The highest BCUT2D eigenvalue weighted by Crippen LogP contribution is 2.21. The average Bonchev–Trinajstić information content (AvgIpc) is 2.56. The maximum atomic E-state index is 12.2. The lowest BCUT2D eigenvalue weighted by Gasteiger charge is -2.11. The lowest BCUT2D eigenvalue weighted by atomic mass is 10.1. The lowest BCUT2D eigenvalue weighted by Crippen LogP contribution is -2.15. The molecular weight excluding hydrogens is 292 g/mol. The van der Waals surface area contributed by atoms with Crippen molar-refractivity contribution in [3.63, 3.8) is 0 Å². The lowest BCUT2D eigenvalue weighted by molar-refractivity contribution is -0.116. The number of benzene rings is 1. The van der Waals surface area contributed by atoms with E-state index in [0.717, 1.165) is 5.56 Å². The quantitative estimate of drug-likeness (QED) is 0.762. The zero-order valence-corrected chi connectivity index (χ0v) is 13.0. The number of carbonyl (C=O) groups excluding carboxylic acids is 2. The molecule has 2 amide bonds. The van der Waals surface area contributed by atoms with Gasteiger partial charge in [-0.05, 0) is 49.7 Å². The number of aromatic nitrogens is 1. The predicted molar refractivity (Wildman–Crippen MR) is 90.3 cm³/mol. The molecule has 0 saturated heterocycles. The Morgan fingerprint density at radius 3 is 2.74 bits per heavy atom. The Morgan fingerprint density at radius 1 is 1.22 bits per heavy atom. The van der Waals surface area contributed by atoms with E-state index in [9.17, 15) is 9.59 Å². The van der Waals surface area contributed by atoms with Crippen LogP contribution in [0.25, 0.3) is 0 Å². The summed E-state index contributed by atoms with van der Waals surface area (Å²) in [5.74, 6) is -0.336. The van der Waals surface area contributed by atoms with E-state index in [0.29, 0.717) is 36.3 Å². The number of hydrogen-bond donors (Lipinski definition) is 3. The Bertz CT molecular complexity index is 686. The molecular formula is C17H20N4O2. The van der Waals surface area contributed by atoms with Gasteiger partial charge in [-0.25, -0.2) is 0 Å². The van der Waals surface area contributed by atoms with Gasteiger partial charge in [0, 0.05) is 30.2 Å². The Labute approximate surface area is 135 Å². The van der Waals surface area contributed by atoms with Gasteiger partial charge in [0.2, 0.25) is 5.91 Å². The van der Waals surface area contributed by atoms with Crippen molar-refractivity contribution in [3.05, 3.63) is 53.9 Å². The Balaban J connectivity index is 2.08. The van der Waals surface area contributed by atoms with Crippen molar-refractivity contribution in [2.75, 3.05) is 17.2 Å². The maximum absolute atomic E-state index is 12.2. The highest BCUT2D eigenvalue weighted by molar-refractivity contribution is 6.04. The van der Waals surface area contributed by atoms with Crippen LogP contribution < -0.4 is 16.4 Å². The van der Waals surface area contributed by atoms with Crippen molar-refractivity contribution in [3.8, 4) is 0 Å². The molecule has 1 aromatic heterocycles. The molecule has 0 unspecified atom stereocenters. The number of aryl methyl sites for hydroxylation is 1. The summed E-state index contributed by atoms with van der Waals surface area (Å²) in [6.45, 7) is 2.37. The first-order valence-corrected chi connectivity index (χ1v) is 7.42. The SMILES string of the molecule is Cc1ccc(NC(=O)CCCN)cc1NC(=O)c1cccnc1. The third-order valence-electron chi connectivity index (χ3n) is 3.30. The minimum atomic E-state index is -0.243. The van der Waals surface area contributed by atoms with Crippen LogP contribution in [0.5, 0.6) is 0 Å². The van der Waals surface area contributed by atoms with Crippen molar-refractivity contribution in [1.82, 2.24) is 4.98 Å². The number of nitrogens with zero attached hydrogens (tertiary/aromatic N) is 1. The van der Waals surface area contributed by atoms with Gasteiger partial charge in [0.05, 0.1) is 5.56 Å². The first-order valence-electron chi connectivity index (χ1n) is 7.42. The van der Waals surface area contributed by atoms with E-state index in [1.54, 1.807) is 30.5 Å². The summed E-state index contributed by atoms with van der Waals surface area (Å²) in [4.78, 5) is 27.9. The monoisotopic (exact) mass is 312 g/mol. The number of nitrogens with two attached hydrogens (primary N) is 1. The van der Waals surface area contributed by atoms with Gasteiger partial charge in [-0.15, -0.1) is 0 Å². The van der Waals surface area contributed by atoms with E-state index in [1.807, 2.05) is 13.0 Å². The molecule has 0 aliphatic rings. The molecule has 23 heavy (non-hydrogen) atoms. The van der Waals surface area contributed by atoms with Crippen LogP contribution in [0.15, 0.2) is 42.7 Å². The minimum absolute atomic E-state index is 0.0937. The van der Waals surface area contributed by atoms with Gasteiger partial charge in [0.1, 0.15) is 0 Å². The van der Waals surface area contributed by atoms with Gasteiger partial charge in [0.15, 0.2) is 0 Å². The van der Waals surface area contributed by atoms with Crippen LogP contribution in [0.3, 0.4) is 0 Å². The number of anilines is 2. The molecule has 120 valence electrons. The van der Waals surface area contributed by atoms with E-state index in [2.05, 4.69) is 15.6 Å². The number of hydrogen-bond acceptors (Lipinski definition) is 4. The van der Waals surface area contributed by atoms with Gasteiger partial charge >= 0.3 is 0 Å². The molecule has 1 aromatic carbocycles. The van der Waals surface area contributed by atoms with Crippen LogP contribution >= 0.6 is 0 Å². The zero-order valence-electron chi connectivity index (χ0n) is 13.0. The average molecular weight is 312 g/mol. The number of rotatable bonds is 6. The molecule has 2 rings (SSSR count). The molecule has 0 atom stereocenters. The van der Waals surface area contributed by atoms with Gasteiger partial charge < -0.3 is 16.4 Å². The third-order valence-corrected chi connectivity index (χ3v) is 3.30. The third kappa shape index (κ3) is 4.89. The maximum Gasteiger partial charge on any atom is 0.257 e. The number of amides is 2. The second-order valence-corrected chi connectivity index (χ2v) is 5.17. The fraction of sp³-hybridized carbons (Fsp3) is 0.235. The van der Waals surface area contributed by atoms with Crippen molar-refractivity contribution in [1.29, 1.82) is 0 Å². The second-order valence-electron chi connectivity index (χ2n) is 5.17. The van der Waals surface area contributed by atoms with Crippen LogP contribution in [-0.2, 0) is 4.79 Å². The van der Waals surface area contributed by atoms with Crippen molar-refractivity contribution < 1.29 is 9.59 Å². The standard InChI is InChI=1S/C17H20N4O2/c1-12-6-7-14(20-16(22)5-2-8-18)10-15(12)21-17(23)13-4-3-9-19-11-13/h3-4,6-7,9-11H,2,5,8,18H2,1H3,(H,20,22)(H,21,23). The topological polar surface area (TPSA) is 97.1 Å². The Hall–Kier alpha value is -2.73. The molecule has 6 heteroatoms. The molecule has 0 fully saturated rings. The van der Waals surface area contributed by atoms with Gasteiger partial charge in [-0.3, -0.25) is 14.6 Å². The normalized spacial score (nSPS) is 10.2. The van der Waals surface area contributed by atoms with Crippen molar-refractivity contribution >= 4 is 23.2 Å². The summed E-state index contributed by atoms with van der Waals surface area (Å²) in [7, 11) is 0. The molecule has 2 aromatic rings. The van der Waals surface area contributed by atoms with Crippen LogP contribution in [0.4, 0.5) is 11.4 Å².